The molecule has 126 valence electrons. The molecule has 22 heavy (non-hydrogen) atoms. The molecule has 0 fully saturated rings. The number of phenolic OH excluding ortho intramolecular Hbond substituents is 2. The summed E-state index contributed by atoms with van der Waals surface area (Å²) in [7, 11) is 0. The molecular formula is C20H34O2. The maximum Gasteiger partial charge on any atom is 0.119 e. The summed E-state index contributed by atoms with van der Waals surface area (Å²) in [6.45, 7) is 4.39. The molecule has 0 aliphatic heterocycles. The van der Waals surface area contributed by atoms with E-state index >= 15 is 0 Å². The monoisotopic (exact) mass is 306 g/mol. The van der Waals surface area contributed by atoms with Gasteiger partial charge in [0.1, 0.15) is 11.5 Å². The maximum atomic E-state index is 9.86. The van der Waals surface area contributed by atoms with Crippen LogP contribution in [0.1, 0.15) is 96.0 Å². The van der Waals surface area contributed by atoms with E-state index in [-0.39, 0.29) is 5.75 Å². The number of aromatic hydroxyl groups is 2. The first-order valence-corrected chi connectivity index (χ1v) is 9.17. The summed E-state index contributed by atoms with van der Waals surface area (Å²) in [4.78, 5) is 0. The van der Waals surface area contributed by atoms with Gasteiger partial charge in [-0.15, -0.1) is 0 Å². The molecule has 1 atom stereocenters. The molecule has 1 unspecified atom stereocenters. The molecule has 0 aliphatic carbocycles. The second-order valence-electron chi connectivity index (χ2n) is 6.61. The number of hydrogen-bond acceptors (Lipinski definition) is 2. The Labute approximate surface area is 136 Å². The van der Waals surface area contributed by atoms with E-state index in [1.807, 2.05) is 0 Å². The Morgan fingerprint density at radius 3 is 1.95 bits per heavy atom. The molecule has 0 saturated heterocycles. The Kier molecular flexibility index (Phi) is 9.77. The average molecular weight is 306 g/mol. The minimum Gasteiger partial charge on any atom is -0.508 e. The number of benzene rings is 1. The minimum absolute atomic E-state index is 0.239. The fraction of sp³-hybridized carbons (Fsp3) is 0.700. The van der Waals surface area contributed by atoms with Crippen molar-refractivity contribution < 1.29 is 10.2 Å². The standard InChI is InChI=1S/C20H34O2/c1-3-4-5-6-7-8-9-10-11-12-13-17(2)19-16-18(21)14-15-20(19)22/h14-17,21-22H,3-13H2,1-2H3. The van der Waals surface area contributed by atoms with Gasteiger partial charge >= 0.3 is 0 Å². The summed E-state index contributed by atoms with van der Waals surface area (Å²) >= 11 is 0. The molecule has 0 amide bonds. The van der Waals surface area contributed by atoms with Crippen LogP contribution in [-0.4, -0.2) is 10.2 Å². The molecule has 0 aromatic heterocycles. The van der Waals surface area contributed by atoms with Crippen LogP contribution in [0.2, 0.25) is 0 Å². The number of hydrogen-bond donors (Lipinski definition) is 2. The first-order chi connectivity index (χ1) is 10.6. The van der Waals surface area contributed by atoms with E-state index < -0.39 is 0 Å². The molecule has 2 heteroatoms. The fourth-order valence-corrected chi connectivity index (χ4v) is 3.03. The number of rotatable bonds is 12. The lowest BCUT2D eigenvalue weighted by Gasteiger charge is -2.13. The van der Waals surface area contributed by atoms with Crippen molar-refractivity contribution in [2.75, 3.05) is 0 Å². The van der Waals surface area contributed by atoms with Gasteiger partial charge in [-0.2, -0.15) is 0 Å². The second kappa shape index (κ2) is 11.4. The van der Waals surface area contributed by atoms with Gasteiger partial charge in [0.2, 0.25) is 0 Å². The third-order valence-corrected chi connectivity index (χ3v) is 4.53. The third kappa shape index (κ3) is 7.72. The summed E-state index contributed by atoms with van der Waals surface area (Å²) in [6, 6.07) is 4.81. The highest BCUT2D eigenvalue weighted by Gasteiger charge is 2.10. The maximum absolute atomic E-state index is 9.86. The van der Waals surface area contributed by atoms with Crippen molar-refractivity contribution in [1.82, 2.24) is 0 Å². The Hall–Kier alpha value is -1.18. The fourth-order valence-electron chi connectivity index (χ4n) is 3.03. The molecule has 0 saturated carbocycles. The van der Waals surface area contributed by atoms with Gasteiger partial charge in [0.05, 0.1) is 0 Å². The topological polar surface area (TPSA) is 40.5 Å². The Morgan fingerprint density at radius 1 is 0.818 bits per heavy atom. The van der Waals surface area contributed by atoms with E-state index in [0.29, 0.717) is 11.7 Å². The second-order valence-corrected chi connectivity index (χ2v) is 6.61. The van der Waals surface area contributed by atoms with Crippen molar-refractivity contribution in [3.8, 4) is 11.5 Å². The van der Waals surface area contributed by atoms with E-state index in [4.69, 9.17) is 0 Å². The lowest BCUT2D eigenvalue weighted by molar-refractivity contribution is 0.445. The molecule has 1 aromatic rings. The van der Waals surface area contributed by atoms with Crippen molar-refractivity contribution >= 4 is 0 Å². The highest BCUT2D eigenvalue weighted by atomic mass is 16.3. The van der Waals surface area contributed by atoms with Crippen molar-refractivity contribution in [2.45, 2.75) is 90.4 Å². The van der Waals surface area contributed by atoms with Crippen molar-refractivity contribution in [3.63, 3.8) is 0 Å². The van der Waals surface area contributed by atoms with Crippen LogP contribution in [0.25, 0.3) is 0 Å². The smallest absolute Gasteiger partial charge is 0.119 e. The van der Waals surface area contributed by atoms with Gasteiger partial charge in [-0.25, -0.2) is 0 Å². The van der Waals surface area contributed by atoms with E-state index in [1.165, 1.54) is 70.3 Å². The number of phenols is 2. The van der Waals surface area contributed by atoms with Crippen LogP contribution in [0.5, 0.6) is 11.5 Å². The SMILES string of the molecule is CCCCCCCCCCCCC(C)c1cc(O)ccc1O. The summed E-state index contributed by atoms with van der Waals surface area (Å²) in [6.07, 6.45) is 14.5. The molecule has 0 heterocycles. The quantitative estimate of drug-likeness (QED) is 0.341. The summed E-state index contributed by atoms with van der Waals surface area (Å²) in [5.41, 5.74) is 0.871. The van der Waals surface area contributed by atoms with E-state index in [0.717, 1.165) is 12.0 Å². The molecule has 0 bridgehead atoms. The normalized spacial score (nSPS) is 12.5. The summed E-state index contributed by atoms with van der Waals surface area (Å²) < 4.78 is 0. The van der Waals surface area contributed by atoms with Crippen LogP contribution in [-0.2, 0) is 0 Å². The highest BCUT2D eigenvalue weighted by Crippen LogP contribution is 2.32. The molecule has 1 rings (SSSR count). The van der Waals surface area contributed by atoms with Gasteiger partial charge in [0.15, 0.2) is 0 Å². The summed E-state index contributed by atoms with van der Waals surface area (Å²) in [5, 5.41) is 19.4. The van der Waals surface area contributed by atoms with E-state index in [1.54, 1.807) is 12.1 Å². The van der Waals surface area contributed by atoms with Gasteiger partial charge in [-0.3, -0.25) is 0 Å². The zero-order chi connectivity index (χ0) is 16.2. The van der Waals surface area contributed by atoms with Gasteiger partial charge in [0.25, 0.3) is 0 Å². The molecule has 1 aromatic carbocycles. The zero-order valence-electron chi connectivity index (χ0n) is 14.5. The average Bonchev–Trinajstić information content (AvgIpc) is 2.51. The van der Waals surface area contributed by atoms with Gasteiger partial charge < -0.3 is 10.2 Å². The highest BCUT2D eigenvalue weighted by molar-refractivity contribution is 5.40. The lowest BCUT2D eigenvalue weighted by atomic mass is 9.93. The van der Waals surface area contributed by atoms with Crippen LogP contribution >= 0.6 is 0 Å². The molecule has 2 N–H and O–H groups in total. The van der Waals surface area contributed by atoms with Crippen LogP contribution in [0.15, 0.2) is 18.2 Å². The number of unbranched alkanes of at least 4 members (excludes halogenated alkanes) is 9. The first-order valence-electron chi connectivity index (χ1n) is 9.17. The van der Waals surface area contributed by atoms with Crippen LogP contribution < -0.4 is 0 Å². The Morgan fingerprint density at radius 2 is 1.36 bits per heavy atom. The predicted octanol–water partition coefficient (Wildman–Crippen LogP) is 6.51. The molecule has 0 radical (unpaired) electrons. The first kappa shape index (κ1) is 18.9. The molecular weight excluding hydrogens is 272 g/mol. The third-order valence-electron chi connectivity index (χ3n) is 4.53. The van der Waals surface area contributed by atoms with Crippen molar-refractivity contribution in [2.24, 2.45) is 0 Å². The summed E-state index contributed by atoms with van der Waals surface area (Å²) in [5.74, 6) is 0.848. The van der Waals surface area contributed by atoms with E-state index in [9.17, 15) is 10.2 Å². The van der Waals surface area contributed by atoms with Crippen LogP contribution in [0, 0.1) is 0 Å². The minimum atomic E-state index is 0.239. The lowest BCUT2D eigenvalue weighted by Crippen LogP contribution is -1.94. The Balaban J connectivity index is 2.06. The van der Waals surface area contributed by atoms with E-state index in [2.05, 4.69) is 13.8 Å². The molecule has 2 nitrogen and oxygen atoms in total. The van der Waals surface area contributed by atoms with Gasteiger partial charge in [-0.1, -0.05) is 78.1 Å². The van der Waals surface area contributed by atoms with Gasteiger partial charge in [0, 0.05) is 5.56 Å². The van der Waals surface area contributed by atoms with Crippen LogP contribution in [0.4, 0.5) is 0 Å². The molecule has 0 aliphatic rings. The zero-order valence-corrected chi connectivity index (χ0v) is 14.5. The van der Waals surface area contributed by atoms with Crippen molar-refractivity contribution in [3.05, 3.63) is 23.8 Å². The van der Waals surface area contributed by atoms with Gasteiger partial charge in [-0.05, 0) is 30.5 Å². The predicted molar refractivity (Wildman–Crippen MR) is 94.6 cm³/mol. The largest absolute Gasteiger partial charge is 0.508 e. The molecule has 0 spiro atoms. The Bertz CT molecular complexity index is 401. The van der Waals surface area contributed by atoms with Crippen molar-refractivity contribution in [1.29, 1.82) is 0 Å². The van der Waals surface area contributed by atoms with Crippen LogP contribution in [0.3, 0.4) is 0 Å².